The molecule has 96 valence electrons. The van der Waals surface area contributed by atoms with Crippen molar-refractivity contribution in [1.82, 2.24) is 19.9 Å². The molecule has 0 amide bonds. The number of benzene rings is 1. The van der Waals surface area contributed by atoms with Gasteiger partial charge in [-0.05, 0) is 19.5 Å². The van der Waals surface area contributed by atoms with Gasteiger partial charge in [0, 0.05) is 18.0 Å². The Kier molecular flexibility index (Phi) is 3.01. The van der Waals surface area contributed by atoms with Crippen LogP contribution in [0.25, 0.3) is 5.52 Å². The fourth-order valence-electron chi connectivity index (χ4n) is 2.43. The first-order valence-corrected chi connectivity index (χ1v) is 6.30. The van der Waals surface area contributed by atoms with Gasteiger partial charge in [-0.2, -0.15) is 5.10 Å². The van der Waals surface area contributed by atoms with Crippen LogP contribution in [0.4, 0.5) is 0 Å². The summed E-state index contributed by atoms with van der Waals surface area (Å²) in [4.78, 5) is 4.19. The number of nitrogens with one attached hydrogen (secondary N) is 1. The molecule has 0 spiro atoms. The van der Waals surface area contributed by atoms with E-state index in [2.05, 4.69) is 46.6 Å². The molecule has 1 aromatic carbocycles. The molecule has 1 atom stereocenters. The summed E-state index contributed by atoms with van der Waals surface area (Å²) in [5.74, 6) is 0. The maximum Gasteiger partial charge on any atom is 0.0896 e. The average molecular weight is 252 g/mol. The summed E-state index contributed by atoms with van der Waals surface area (Å²) >= 11 is 0. The molecule has 1 N–H and O–H groups in total. The van der Waals surface area contributed by atoms with Crippen LogP contribution in [0.15, 0.2) is 49.1 Å². The van der Waals surface area contributed by atoms with Crippen LogP contribution >= 0.6 is 0 Å². The van der Waals surface area contributed by atoms with E-state index < -0.39 is 0 Å². The summed E-state index contributed by atoms with van der Waals surface area (Å²) in [5, 5.41) is 7.73. The standard InChI is InChI=1S/C15H16N4/c1-11-4-3-5-12(8-11)15(16-2)13-9-18-19-7-6-17-10-14(13)19/h3-10,15-16H,1-2H3. The Balaban J connectivity index is 2.12. The first-order valence-electron chi connectivity index (χ1n) is 6.30. The molecule has 4 heteroatoms. The van der Waals surface area contributed by atoms with Crippen molar-refractivity contribution in [2.45, 2.75) is 13.0 Å². The summed E-state index contributed by atoms with van der Waals surface area (Å²) in [6, 6.07) is 8.64. The van der Waals surface area contributed by atoms with E-state index in [0.29, 0.717) is 0 Å². The predicted molar refractivity (Wildman–Crippen MR) is 75.1 cm³/mol. The highest BCUT2D eigenvalue weighted by atomic mass is 15.2. The van der Waals surface area contributed by atoms with Crippen molar-refractivity contribution >= 4 is 5.52 Å². The maximum atomic E-state index is 4.37. The van der Waals surface area contributed by atoms with Crippen LogP contribution in [0.3, 0.4) is 0 Å². The quantitative estimate of drug-likeness (QED) is 0.778. The van der Waals surface area contributed by atoms with Gasteiger partial charge in [-0.1, -0.05) is 29.8 Å². The van der Waals surface area contributed by atoms with Crippen molar-refractivity contribution in [3.63, 3.8) is 0 Å². The topological polar surface area (TPSA) is 42.2 Å². The lowest BCUT2D eigenvalue weighted by Gasteiger charge is -2.16. The molecule has 2 heterocycles. The number of hydrogen-bond donors (Lipinski definition) is 1. The highest BCUT2D eigenvalue weighted by Crippen LogP contribution is 2.25. The molecule has 0 aliphatic rings. The van der Waals surface area contributed by atoms with E-state index in [0.717, 1.165) is 11.1 Å². The van der Waals surface area contributed by atoms with Crippen LogP contribution in [0.5, 0.6) is 0 Å². The molecular formula is C15H16N4. The third-order valence-corrected chi connectivity index (χ3v) is 3.33. The first kappa shape index (κ1) is 11.9. The lowest BCUT2D eigenvalue weighted by molar-refractivity contribution is 0.696. The average Bonchev–Trinajstić information content (AvgIpc) is 2.84. The minimum Gasteiger partial charge on any atom is -0.309 e. The monoisotopic (exact) mass is 252 g/mol. The van der Waals surface area contributed by atoms with Crippen LogP contribution in [0.1, 0.15) is 22.7 Å². The molecule has 0 radical (unpaired) electrons. The van der Waals surface area contributed by atoms with Crippen molar-refractivity contribution < 1.29 is 0 Å². The van der Waals surface area contributed by atoms with Crippen molar-refractivity contribution in [1.29, 1.82) is 0 Å². The van der Waals surface area contributed by atoms with Crippen LogP contribution < -0.4 is 5.32 Å². The molecule has 0 aliphatic carbocycles. The van der Waals surface area contributed by atoms with Crippen molar-refractivity contribution in [2.24, 2.45) is 0 Å². The van der Waals surface area contributed by atoms with Crippen molar-refractivity contribution in [2.75, 3.05) is 7.05 Å². The molecule has 4 nitrogen and oxygen atoms in total. The van der Waals surface area contributed by atoms with Gasteiger partial charge in [-0.3, -0.25) is 4.98 Å². The number of fused-ring (bicyclic) bond motifs is 1. The Morgan fingerprint density at radius 1 is 1.26 bits per heavy atom. The molecule has 3 rings (SSSR count). The van der Waals surface area contributed by atoms with Crippen molar-refractivity contribution in [3.05, 3.63) is 65.7 Å². The van der Waals surface area contributed by atoms with E-state index in [9.17, 15) is 0 Å². The van der Waals surface area contributed by atoms with Gasteiger partial charge in [0.05, 0.1) is 24.0 Å². The molecule has 0 fully saturated rings. The highest BCUT2D eigenvalue weighted by molar-refractivity contribution is 5.55. The molecule has 1 unspecified atom stereocenters. The smallest absolute Gasteiger partial charge is 0.0896 e. The Bertz CT molecular complexity index is 702. The van der Waals surface area contributed by atoms with E-state index >= 15 is 0 Å². The number of rotatable bonds is 3. The molecule has 19 heavy (non-hydrogen) atoms. The Labute approximate surface area is 112 Å². The van der Waals surface area contributed by atoms with E-state index in [1.807, 2.05) is 30.2 Å². The number of nitrogens with zero attached hydrogens (tertiary/aromatic N) is 3. The summed E-state index contributed by atoms with van der Waals surface area (Å²) in [5.41, 5.74) is 4.66. The van der Waals surface area contributed by atoms with E-state index in [1.54, 1.807) is 6.20 Å². The summed E-state index contributed by atoms with van der Waals surface area (Å²) in [6.07, 6.45) is 7.36. The van der Waals surface area contributed by atoms with Crippen molar-refractivity contribution in [3.8, 4) is 0 Å². The molecule has 0 aliphatic heterocycles. The maximum absolute atomic E-state index is 4.37. The highest BCUT2D eigenvalue weighted by Gasteiger charge is 2.16. The van der Waals surface area contributed by atoms with E-state index in [1.165, 1.54) is 11.1 Å². The molecular weight excluding hydrogens is 236 g/mol. The number of aryl methyl sites for hydroxylation is 1. The summed E-state index contributed by atoms with van der Waals surface area (Å²) < 4.78 is 1.85. The third kappa shape index (κ3) is 2.11. The van der Waals surface area contributed by atoms with Gasteiger partial charge in [0.25, 0.3) is 0 Å². The van der Waals surface area contributed by atoms with Gasteiger partial charge >= 0.3 is 0 Å². The van der Waals surface area contributed by atoms with Gasteiger partial charge in [-0.25, -0.2) is 4.52 Å². The molecule has 3 aromatic rings. The second kappa shape index (κ2) is 4.82. The normalized spacial score (nSPS) is 12.7. The lowest BCUT2D eigenvalue weighted by atomic mass is 9.99. The van der Waals surface area contributed by atoms with Crippen LogP contribution in [-0.2, 0) is 0 Å². The Hall–Kier alpha value is -2.20. The lowest BCUT2D eigenvalue weighted by Crippen LogP contribution is -2.17. The van der Waals surface area contributed by atoms with Gasteiger partial charge in [0.15, 0.2) is 0 Å². The van der Waals surface area contributed by atoms with E-state index in [-0.39, 0.29) is 6.04 Å². The van der Waals surface area contributed by atoms with Gasteiger partial charge in [-0.15, -0.1) is 0 Å². The number of aromatic nitrogens is 3. The zero-order valence-electron chi connectivity index (χ0n) is 11.0. The molecule has 0 bridgehead atoms. The predicted octanol–water partition coefficient (Wildman–Crippen LogP) is 2.35. The second-order valence-corrected chi connectivity index (χ2v) is 4.64. The SMILES string of the molecule is CNC(c1cccc(C)c1)c1cnn2ccncc12. The van der Waals surface area contributed by atoms with Crippen LogP contribution in [-0.4, -0.2) is 21.6 Å². The Morgan fingerprint density at radius 2 is 2.16 bits per heavy atom. The van der Waals surface area contributed by atoms with Gasteiger partial charge < -0.3 is 5.32 Å². The minimum absolute atomic E-state index is 0.126. The number of hydrogen-bond acceptors (Lipinski definition) is 3. The largest absolute Gasteiger partial charge is 0.309 e. The fraction of sp³-hybridized carbons (Fsp3) is 0.200. The van der Waals surface area contributed by atoms with Crippen LogP contribution in [0, 0.1) is 6.92 Å². The minimum atomic E-state index is 0.126. The zero-order valence-corrected chi connectivity index (χ0v) is 11.0. The second-order valence-electron chi connectivity index (χ2n) is 4.64. The molecule has 2 aromatic heterocycles. The summed E-state index contributed by atoms with van der Waals surface area (Å²) in [7, 11) is 1.97. The zero-order chi connectivity index (χ0) is 13.2. The van der Waals surface area contributed by atoms with Crippen LogP contribution in [0.2, 0.25) is 0 Å². The summed E-state index contributed by atoms with van der Waals surface area (Å²) in [6.45, 7) is 2.11. The Morgan fingerprint density at radius 3 is 2.95 bits per heavy atom. The van der Waals surface area contributed by atoms with E-state index in [4.69, 9.17) is 0 Å². The van der Waals surface area contributed by atoms with Gasteiger partial charge in [0.1, 0.15) is 0 Å². The first-order chi connectivity index (χ1) is 9.29. The third-order valence-electron chi connectivity index (χ3n) is 3.33. The fourth-order valence-corrected chi connectivity index (χ4v) is 2.43. The molecule has 0 saturated carbocycles. The van der Waals surface area contributed by atoms with Gasteiger partial charge in [0.2, 0.25) is 0 Å². The molecule has 0 saturated heterocycles.